The SMILES string of the molecule is c1ccc(-c2ccc(-c3ccc4c(c3)c3cc(-c5ccccc5)ccc3c3nc5ccccn5c43)cc2)cc1. The molecule has 0 bridgehead atoms. The lowest BCUT2D eigenvalue weighted by atomic mass is 9.93. The van der Waals surface area contributed by atoms with Crippen LogP contribution in [0.1, 0.15) is 0 Å². The van der Waals surface area contributed by atoms with Crippen molar-refractivity contribution in [2.75, 3.05) is 0 Å². The molecule has 8 aromatic rings. The molecule has 39 heavy (non-hydrogen) atoms. The fraction of sp³-hybridized carbons (Fsp3) is 0. The minimum absolute atomic E-state index is 0.967. The van der Waals surface area contributed by atoms with Crippen molar-refractivity contribution in [3.63, 3.8) is 0 Å². The average Bonchev–Trinajstić information content (AvgIpc) is 3.42. The summed E-state index contributed by atoms with van der Waals surface area (Å²) < 4.78 is 2.22. The van der Waals surface area contributed by atoms with Crippen molar-refractivity contribution in [1.82, 2.24) is 9.38 Å². The zero-order chi connectivity index (χ0) is 25.8. The topological polar surface area (TPSA) is 17.3 Å². The Bertz CT molecular complexity index is 2140. The molecule has 0 aliphatic rings. The number of aromatic nitrogens is 2. The third-order valence-corrected chi connectivity index (χ3v) is 7.80. The van der Waals surface area contributed by atoms with Gasteiger partial charge in [-0.25, -0.2) is 4.98 Å². The maximum absolute atomic E-state index is 5.08. The largest absolute Gasteiger partial charge is 0.299 e. The second-order valence-corrected chi connectivity index (χ2v) is 10.1. The minimum Gasteiger partial charge on any atom is -0.299 e. The number of hydrogen-bond acceptors (Lipinski definition) is 1. The van der Waals surface area contributed by atoms with Crippen molar-refractivity contribution in [3.05, 3.63) is 146 Å². The van der Waals surface area contributed by atoms with Crippen molar-refractivity contribution in [1.29, 1.82) is 0 Å². The van der Waals surface area contributed by atoms with Gasteiger partial charge in [0.1, 0.15) is 5.65 Å². The Morgan fingerprint density at radius 2 is 0.872 bits per heavy atom. The summed E-state index contributed by atoms with van der Waals surface area (Å²) in [7, 11) is 0. The molecule has 0 radical (unpaired) electrons. The Labute approximate surface area is 226 Å². The highest BCUT2D eigenvalue weighted by molar-refractivity contribution is 6.25. The summed E-state index contributed by atoms with van der Waals surface area (Å²) in [6.45, 7) is 0. The van der Waals surface area contributed by atoms with Crippen LogP contribution in [0.25, 0.3) is 71.6 Å². The molecule has 0 aliphatic carbocycles. The van der Waals surface area contributed by atoms with Gasteiger partial charge >= 0.3 is 0 Å². The molecule has 0 saturated heterocycles. The van der Waals surface area contributed by atoms with Crippen LogP contribution < -0.4 is 0 Å². The third kappa shape index (κ3) is 3.53. The number of pyridine rings is 1. The van der Waals surface area contributed by atoms with E-state index in [4.69, 9.17) is 4.98 Å². The molecule has 0 aliphatic heterocycles. The molecule has 182 valence electrons. The molecule has 2 nitrogen and oxygen atoms in total. The van der Waals surface area contributed by atoms with E-state index in [0.717, 1.165) is 16.7 Å². The van der Waals surface area contributed by atoms with E-state index in [9.17, 15) is 0 Å². The second-order valence-electron chi connectivity index (χ2n) is 10.1. The van der Waals surface area contributed by atoms with Gasteiger partial charge in [-0.2, -0.15) is 0 Å². The quantitative estimate of drug-likeness (QED) is 0.223. The summed E-state index contributed by atoms with van der Waals surface area (Å²) in [5, 5.41) is 4.86. The standard InChI is InChI=1S/C37H24N2/c1-3-9-25(10-4-1)27-14-16-28(17-15-27)30-19-21-32-34(24-30)33-23-29(26-11-5-2-6-12-26)18-20-31(33)36-37(32)39-22-8-7-13-35(39)38-36/h1-24H. The number of hydrogen-bond donors (Lipinski definition) is 0. The summed E-state index contributed by atoms with van der Waals surface area (Å²) in [6, 6.07) is 49.9. The molecule has 2 aromatic heterocycles. The summed E-state index contributed by atoms with van der Waals surface area (Å²) >= 11 is 0. The van der Waals surface area contributed by atoms with Crippen LogP contribution in [-0.2, 0) is 0 Å². The molecule has 2 heteroatoms. The summed E-state index contributed by atoms with van der Waals surface area (Å²) in [5.74, 6) is 0. The van der Waals surface area contributed by atoms with Crippen molar-refractivity contribution in [2.45, 2.75) is 0 Å². The van der Waals surface area contributed by atoms with Crippen molar-refractivity contribution in [2.24, 2.45) is 0 Å². The first-order valence-corrected chi connectivity index (χ1v) is 13.3. The highest BCUT2D eigenvalue weighted by Crippen LogP contribution is 2.39. The maximum Gasteiger partial charge on any atom is 0.137 e. The highest BCUT2D eigenvalue weighted by Gasteiger charge is 2.16. The van der Waals surface area contributed by atoms with Gasteiger partial charge in [-0.15, -0.1) is 0 Å². The lowest BCUT2D eigenvalue weighted by Gasteiger charge is -2.12. The predicted molar refractivity (Wildman–Crippen MR) is 164 cm³/mol. The van der Waals surface area contributed by atoms with Gasteiger partial charge in [-0.3, -0.25) is 4.40 Å². The van der Waals surface area contributed by atoms with Gasteiger partial charge in [0, 0.05) is 17.0 Å². The van der Waals surface area contributed by atoms with Gasteiger partial charge in [-0.1, -0.05) is 115 Å². The minimum atomic E-state index is 0.967. The number of rotatable bonds is 3. The van der Waals surface area contributed by atoms with E-state index in [1.165, 1.54) is 54.9 Å². The van der Waals surface area contributed by atoms with Crippen LogP contribution in [0.5, 0.6) is 0 Å². The Balaban J connectivity index is 1.39. The number of nitrogens with zero attached hydrogens (tertiary/aromatic N) is 2. The van der Waals surface area contributed by atoms with E-state index in [-0.39, 0.29) is 0 Å². The molecule has 2 heterocycles. The molecule has 0 unspecified atom stereocenters. The number of imidazole rings is 1. The Hall–Kier alpha value is -5.21. The molecule has 8 rings (SSSR count). The second kappa shape index (κ2) is 8.68. The van der Waals surface area contributed by atoms with Crippen LogP contribution in [0.2, 0.25) is 0 Å². The van der Waals surface area contributed by atoms with Crippen LogP contribution in [0.4, 0.5) is 0 Å². The van der Waals surface area contributed by atoms with Gasteiger partial charge < -0.3 is 0 Å². The lowest BCUT2D eigenvalue weighted by Crippen LogP contribution is -1.88. The van der Waals surface area contributed by atoms with Gasteiger partial charge in [0.05, 0.1) is 11.0 Å². The fourth-order valence-corrected chi connectivity index (χ4v) is 5.86. The molecular formula is C37H24N2. The Morgan fingerprint density at radius 1 is 0.385 bits per heavy atom. The number of fused-ring (bicyclic) bond motifs is 8. The third-order valence-electron chi connectivity index (χ3n) is 7.80. The lowest BCUT2D eigenvalue weighted by molar-refractivity contribution is 1.23. The summed E-state index contributed by atoms with van der Waals surface area (Å²) in [4.78, 5) is 5.08. The van der Waals surface area contributed by atoms with E-state index in [1.54, 1.807) is 0 Å². The summed E-state index contributed by atoms with van der Waals surface area (Å²) in [6.07, 6.45) is 2.12. The predicted octanol–water partition coefficient (Wildman–Crippen LogP) is 9.79. The molecule has 0 amide bonds. The van der Waals surface area contributed by atoms with Gasteiger partial charge in [0.25, 0.3) is 0 Å². The van der Waals surface area contributed by atoms with Crippen LogP contribution >= 0.6 is 0 Å². The first kappa shape index (κ1) is 21.8. The average molecular weight is 497 g/mol. The molecule has 0 atom stereocenters. The zero-order valence-corrected chi connectivity index (χ0v) is 21.3. The van der Waals surface area contributed by atoms with E-state index >= 15 is 0 Å². The van der Waals surface area contributed by atoms with Crippen molar-refractivity contribution in [3.8, 4) is 33.4 Å². The molecular weight excluding hydrogens is 472 g/mol. The first-order chi connectivity index (χ1) is 19.3. The van der Waals surface area contributed by atoms with E-state index < -0.39 is 0 Å². The molecule has 0 spiro atoms. The van der Waals surface area contributed by atoms with Crippen LogP contribution in [-0.4, -0.2) is 9.38 Å². The summed E-state index contributed by atoms with van der Waals surface area (Å²) in [5.41, 5.74) is 10.5. The van der Waals surface area contributed by atoms with Crippen molar-refractivity contribution >= 4 is 38.2 Å². The monoisotopic (exact) mass is 496 g/mol. The number of benzene rings is 6. The highest BCUT2D eigenvalue weighted by atomic mass is 15.0. The van der Waals surface area contributed by atoms with Crippen molar-refractivity contribution < 1.29 is 0 Å². The molecule has 0 saturated carbocycles. The Morgan fingerprint density at radius 3 is 1.54 bits per heavy atom. The van der Waals surface area contributed by atoms with Gasteiger partial charge in [0.15, 0.2) is 0 Å². The van der Waals surface area contributed by atoms with Crippen LogP contribution in [0.3, 0.4) is 0 Å². The van der Waals surface area contributed by atoms with E-state index in [0.29, 0.717) is 0 Å². The normalized spacial score (nSPS) is 11.6. The van der Waals surface area contributed by atoms with Crippen LogP contribution in [0.15, 0.2) is 146 Å². The molecule has 0 fully saturated rings. The first-order valence-electron chi connectivity index (χ1n) is 13.3. The van der Waals surface area contributed by atoms with E-state index in [1.807, 2.05) is 0 Å². The van der Waals surface area contributed by atoms with Gasteiger partial charge in [0.2, 0.25) is 0 Å². The Kier molecular flexibility index (Phi) is 4.86. The molecule has 6 aromatic carbocycles. The fourth-order valence-electron chi connectivity index (χ4n) is 5.86. The van der Waals surface area contributed by atoms with E-state index in [2.05, 4.69) is 150 Å². The van der Waals surface area contributed by atoms with Gasteiger partial charge in [-0.05, 0) is 68.4 Å². The smallest absolute Gasteiger partial charge is 0.137 e. The van der Waals surface area contributed by atoms with Crippen LogP contribution in [0, 0.1) is 0 Å². The zero-order valence-electron chi connectivity index (χ0n) is 21.3. The maximum atomic E-state index is 5.08. The molecule has 0 N–H and O–H groups in total.